The summed E-state index contributed by atoms with van der Waals surface area (Å²) in [6, 6.07) is 4.47. The largest absolute Gasteiger partial charge is 0.386 e. The lowest BCUT2D eigenvalue weighted by molar-refractivity contribution is -0.118. The predicted octanol–water partition coefficient (Wildman–Crippen LogP) is 1.83. The molecule has 1 amide bonds. The number of amides is 1. The van der Waals surface area contributed by atoms with Crippen molar-refractivity contribution >= 4 is 23.6 Å². The van der Waals surface area contributed by atoms with Crippen LogP contribution >= 0.6 is 0 Å². The zero-order valence-electron chi connectivity index (χ0n) is 16.3. The molecule has 2 rings (SSSR count). The van der Waals surface area contributed by atoms with Crippen LogP contribution in [0.15, 0.2) is 28.3 Å². The molecule has 1 aliphatic rings. The number of hydrogen-bond acceptors (Lipinski definition) is 6. The summed E-state index contributed by atoms with van der Waals surface area (Å²) in [4.78, 5) is 23.8. The zero-order chi connectivity index (χ0) is 22.1. The Kier molecular flexibility index (Phi) is 8.29. The average molecular weight is 423 g/mol. The van der Waals surface area contributed by atoms with Crippen molar-refractivity contribution in [1.29, 1.82) is 5.26 Å². The molecule has 8 nitrogen and oxygen atoms in total. The van der Waals surface area contributed by atoms with Crippen molar-refractivity contribution in [3.05, 3.63) is 24.3 Å². The number of primary amides is 1. The van der Waals surface area contributed by atoms with E-state index in [0.29, 0.717) is 25.7 Å². The highest BCUT2D eigenvalue weighted by atomic mass is 19.3. The van der Waals surface area contributed by atoms with Gasteiger partial charge >= 0.3 is 0 Å². The van der Waals surface area contributed by atoms with Gasteiger partial charge in [0.25, 0.3) is 6.43 Å². The van der Waals surface area contributed by atoms with Crippen LogP contribution in [0, 0.1) is 23.2 Å². The smallest absolute Gasteiger partial charge is 0.250 e. The number of nitriles is 1. The van der Waals surface area contributed by atoms with Crippen molar-refractivity contribution in [1.82, 2.24) is 10.3 Å². The molecule has 162 valence electrons. The minimum absolute atomic E-state index is 0.0822. The van der Waals surface area contributed by atoms with E-state index >= 15 is 0 Å². The molecular weight excluding hydrogens is 399 g/mol. The number of nitrogens with one attached hydrogen (secondary N) is 1. The Labute approximate surface area is 172 Å². The molecule has 1 aliphatic carbocycles. The molecule has 1 heterocycles. The maximum absolute atomic E-state index is 13.2. The molecule has 0 bridgehead atoms. The SMILES string of the molecule is N#CCC1(N=CC(C(N)=O)C(N)=Nc2ccnc(F)c2)CCC(NCC(F)F)CC1. The number of alkyl halides is 2. The van der Waals surface area contributed by atoms with Crippen molar-refractivity contribution in [2.24, 2.45) is 27.4 Å². The van der Waals surface area contributed by atoms with Crippen LogP contribution < -0.4 is 16.8 Å². The van der Waals surface area contributed by atoms with Gasteiger partial charge in [0, 0.05) is 24.5 Å². The van der Waals surface area contributed by atoms with Crippen molar-refractivity contribution < 1.29 is 18.0 Å². The molecule has 1 aromatic heterocycles. The lowest BCUT2D eigenvalue weighted by Crippen LogP contribution is -2.42. The van der Waals surface area contributed by atoms with Crippen LogP contribution in [-0.4, -0.2) is 47.5 Å². The topological polar surface area (TPSA) is 143 Å². The van der Waals surface area contributed by atoms with Gasteiger partial charge in [-0.15, -0.1) is 0 Å². The van der Waals surface area contributed by atoms with Crippen molar-refractivity contribution in [2.45, 2.75) is 50.1 Å². The fraction of sp³-hybridized carbons (Fsp3) is 0.526. The number of amidine groups is 1. The first-order chi connectivity index (χ1) is 14.2. The third-order valence-corrected chi connectivity index (χ3v) is 4.98. The van der Waals surface area contributed by atoms with E-state index in [1.54, 1.807) is 0 Å². The summed E-state index contributed by atoms with van der Waals surface area (Å²) < 4.78 is 38.0. The third kappa shape index (κ3) is 6.81. The highest BCUT2D eigenvalue weighted by Gasteiger charge is 2.35. The molecule has 5 N–H and O–H groups in total. The summed E-state index contributed by atoms with van der Waals surface area (Å²) in [6.45, 7) is -0.383. The number of aliphatic imine (C=N–C) groups is 2. The van der Waals surface area contributed by atoms with Gasteiger partial charge in [0.1, 0.15) is 11.8 Å². The van der Waals surface area contributed by atoms with Gasteiger partial charge in [0.15, 0.2) is 0 Å². The van der Waals surface area contributed by atoms with Gasteiger partial charge in [0.05, 0.1) is 30.3 Å². The number of pyridine rings is 1. The lowest BCUT2D eigenvalue weighted by Gasteiger charge is -2.36. The number of halogens is 3. The van der Waals surface area contributed by atoms with Crippen molar-refractivity contribution in [2.75, 3.05) is 6.54 Å². The number of nitrogens with zero attached hydrogens (tertiary/aromatic N) is 4. The number of nitrogens with two attached hydrogens (primary N) is 2. The van der Waals surface area contributed by atoms with E-state index in [-0.39, 0.29) is 30.5 Å². The highest BCUT2D eigenvalue weighted by Crippen LogP contribution is 2.34. The fourth-order valence-electron chi connectivity index (χ4n) is 3.32. The Morgan fingerprint density at radius 2 is 2.13 bits per heavy atom. The van der Waals surface area contributed by atoms with Gasteiger partial charge in [-0.05, 0) is 31.7 Å². The fourth-order valence-corrected chi connectivity index (χ4v) is 3.32. The van der Waals surface area contributed by atoms with Crippen LogP contribution in [0.3, 0.4) is 0 Å². The van der Waals surface area contributed by atoms with Crippen LogP contribution in [0.4, 0.5) is 18.9 Å². The van der Waals surface area contributed by atoms with E-state index in [1.807, 2.05) is 0 Å². The second-order valence-electron chi connectivity index (χ2n) is 7.16. The van der Waals surface area contributed by atoms with Gasteiger partial charge in [-0.2, -0.15) is 9.65 Å². The maximum Gasteiger partial charge on any atom is 0.250 e. The quantitative estimate of drug-likeness (QED) is 0.315. The summed E-state index contributed by atoms with van der Waals surface area (Å²) >= 11 is 0. The first-order valence-electron chi connectivity index (χ1n) is 9.43. The minimum Gasteiger partial charge on any atom is -0.386 e. The number of aromatic nitrogens is 1. The lowest BCUT2D eigenvalue weighted by atomic mass is 9.78. The van der Waals surface area contributed by atoms with Gasteiger partial charge in [-0.25, -0.2) is 18.8 Å². The number of hydrogen-bond donors (Lipinski definition) is 3. The van der Waals surface area contributed by atoms with Gasteiger partial charge in [-0.3, -0.25) is 9.79 Å². The molecule has 1 fully saturated rings. The van der Waals surface area contributed by atoms with E-state index in [2.05, 4.69) is 26.4 Å². The summed E-state index contributed by atoms with van der Waals surface area (Å²) in [5.74, 6) is -2.87. The molecule has 1 aromatic rings. The Balaban J connectivity index is 2.14. The predicted molar refractivity (Wildman–Crippen MR) is 106 cm³/mol. The summed E-state index contributed by atoms with van der Waals surface area (Å²) in [6.07, 6.45) is 2.23. The van der Waals surface area contributed by atoms with Gasteiger partial charge < -0.3 is 16.8 Å². The van der Waals surface area contributed by atoms with E-state index in [1.165, 1.54) is 18.5 Å². The molecule has 1 saturated carbocycles. The normalized spacial score (nSPS) is 23.4. The Morgan fingerprint density at radius 3 is 2.70 bits per heavy atom. The molecule has 0 radical (unpaired) electrons. The molecule has 0 aromatic carbocycles. The van der Waals surface area contributed by atoms with Crippen LogP contribution in [0.25, 0.3) is 0 Å². The van der Waals surface area contributed by atoms with Crippen LogP contribution in [0.2, 0.25) is 0 Å². The first kappa shape index (κ1) is 23.3. The van der Waals surface area contributed by atoms with Crippen molar-refractivity contribution in [3.63, 3.8) is 0 Å². The monoisotopic (exact) mass is 423 g/mol. The molecular formula is C19H24F3N7O. The Bertz CT molecular complexity index is 830. The van der Waals surface area contributed by atoms with Crippen LogP contribution in [0.5, 0.6) is 0 Å². The maximum atomic E-state index is 13.2. The second kappa shape index (κ2) is 10.7. The van der Waals surface area contributed by atoms with Gasteiger partial charge in [0.2, 0.25) is 11.9 Å². The summed E-state index contributed by atoms with van der Waals surface area (Å²) in [5, 5.41) is 12.0. The Morgan fingerprint density at radius 1 is 1.43 bits per heavy atom. The first-order valence-corrected chi connectivity index (χ1v) is 9.43. The molecule has 0 spiro atoms. The van der Waals surface area contributed by atoms with E-state index < -0.39 is 29.7 Å². The zero-order valence-corrected chi connectivity index (χ0v) is 16.3. The molecule has 1 unspecified atom stereocenters. The summed E-state index contributed by atoms with van der Waals surface area (Å²) in [5.41, 5.74) is 10.7. The van der Waals surface area contributed by atoms with Crippen molar-refractivity contribution in [3.8, 4) is 6.07 Å². The number of carbonyl (C=O) groups is 1. The van der Waals surface area contributed by atoms with E-state index in [4.69, 9.17) is 11.5 Å². The second-order valence-corrected chi connectivity index (χ2v) is 7.16. The molecule has 1 atom stereocenters. The average Bonchev–Trinajstić information content (AvgIpc) is 2.67. The number of carbonyl (C=O) groups excluding carboxylic acids is 1. The Hall–Kier alpha value is -3.00. The molecule has 0 saturated heterocycles. The number of rotatable bonds is 9. The van der Waals surface area contributed by atoms with E-state index in [0.717, 1.165) is 6.07 Å². The molecule has 30 heavy (non-hydrogen) atoms. The minimum atomic E-state index is -2.43. The standard InChI is InChI=1S/C19H24F3N7O/c20-15(21)11-27-12-1-4-19(5-2-12,6-7-23)28-10-14(18(25)30)17(24)29-13-3-8-26-16(22)9-13/h3,8-10,12,14-15,27H,1-2,4-6,11H2,(H2,25,30)(H2,24,26,29). The summed E-state index contributed by atoms with van der Waals surface area (Å²) in [7, 11) is 0. The van der Waals surface area contributed by atoms with Crippen LogP contribution in [-0.2, 0) is 4.79 Å². The molecule has 11 heteroatoms. The van der Waals surface area contributed by atoms with Gasteiger partial charge in [-0.1, -0.05) is 0 Å². The highest BCUT2D eigenvalue weighted by molar-refractivity contribution is 6.14. The van der Waals surface area contributed by atoms with Crippen LogP contribution in [0.1, 0.15) is 32.1 Å². The third-order valence-electron chi connectivity index (χ3n) is 4.98. The van der Waals surface area contributed by atoms with E-state index in [9.17, 15) is 23.2 Å². The molecule has 0 aliphatic heterocycles.